The fraction of sp³-hybridized carbons (Fsp3) is 1.00. The van der Waals surface area contributed by atoms with Crippen molar-refractivity contribution >= 4 is 22.6 Å². The van der Waals surface area contributed by atoms with Gasteiger partial charge in [0.05, 0.1) is 6.61 Å². The van der Waals surface area contributed by atoms with Gasteiger partial charge in [-0.3, -0.25) is 0 Å². The number of likely N-dealkylation sites (N-methyl/N-ethyl adjacent to an activating group) is 1. The molecule has 0 heterocycles. The maximum Gasteiger partial charge on any atom is 0.106 e. The molecule has 0 rings (SSSR count). The second-order valence-corrected chi connectivity index (χ2v) is 4.44. The zero-order valence-electron chi connectivity index (χ0n) is 7.10. The molecular formula is C7H16INO. The number of hydrogen-bond acceptors (Lipinski definition) is 2. The summed E-state index contributed by atoms with van der Waals surface area (Å²) in [6.07, 6.45) is 0. The Morgan fingerprint density at radius 2 is 1.90 bits per heavy atom. The second kappa shape index (κ2) is 5.32. The first-order valence-corrected chi connectivity index (χ1v) is 4.70. The lowest BCUT2D eigenvalue weighted by Gasteiger charge is -2.20. The van der Waals surface area contributed by atoms with Crippen molar-refractivity contribution in [3.05, 3.63) is 0 Å². The maximum atomic E-state index is 5.41. The minimum atomic E-state index is 0.319. The van der Waals surface area contributed by atoms with Gasteiger partial charge < -0.3 is 9.64 Å². The van der Waals surface area contributed by atoms with Crippen LogP contribution in [0.2, 0.25) is 0 Å². The van der Waals surface area contributed by atoms with Gasteiger partial charge in [-0.25, -0.2) is 0 Å². The molecule has 0 fully saturated rings. The fourth-order valence-electron chi connectivity index (χ4n) is 0.421. The summed E-state index contributed by atoms with van der Waals surface area (Å²) in [6.45, 7) is 5.01. The van der Waals surface area contributed by atoms with E-state index in [9.17, 15) is 0 Å². The van der Waals surface area contributed by atoms with Crippen molar-refractivity contribution in [2.24, 2.45) is 0 Å². The number of nitrogens with zero attached hydrogens (tertiary/aromatic N) is 1. The van der Waals surface area contributed by atoms with E-state index in [1.54, 1.807) is 0 Å². The van der Waals surface area contributed by atoms with Gasteiger partial charge in [-0.1, -0.05) is 22.6 Å². The monoisotopic (exact) mass is 257 g/mol. The van der Waals surface area contributed by atoms with Crippen molar-refractivity contribution in [2.45, 2.75) is 24.0 Å². The summed E-state index contributed by atoms with van der Waals surface area (Å²) < 4.78 is 5.73. The molecule has 3 heteroatoms. The van der Waals surface area contributed by atoms with E-state index in [1.165, 1.54) is 0 Å². The summed E-state index contributed by atoms with van der Waals surface area (Å²) in [5.74, 6) is 0. The van der Waals surface area contributed by atoms with Crippen LogP contribution in [0.1, 0.15) is 13.8 Å². The van der Waals surface area contributed by atoms with E-state index in [2.05, 4.69) is 48.5 Å². The van der Waals surface area contributed by atoms with Crippen molar-refractivity contribution in [3.8, 4) is 0 Å². The SMILES string of the molecule is CC(I)OCC(C)N(C)C. The van der Waals surface area contributed by atoms with Gasteiger partial charge in [0.15, 0.2) is 0 Å². The third-order valence-electron chi connectivity index (χ3n) is 1.45. The normalized spacial score (nSPS) is 17.4. The lowest BCUT2D eigenvalue weighted by atomic mass is 10.3. The molecule has 2 atom stereocenters. The van der Waals surface area contributed by atoms with Crippen LogP contribution in [0, 0.1) is 0 Å². The molecule has 0 saturated carbocycles. The molecule has 0 radical (unpaired) electrons. The van der Waals surface area contributed by atoms with Crippen LogP contribution in [0.3, 0.4) is 0 Å². The predicted molar refractivity (Wildman–Crippen MR) is 52.6 cm³/mol. The van der Waals surface area contributed by atoms with Gasteiger partial charge in [0.1, 0.15) is 4.11 Å². The van der Waals surface area contributed by atoms with Gasteiger partial charge in [0.2, 0.25) is 0 Å². The average Bonchev–Trinajstić information content (AvgIpc) is 1.82. The van der Waals surface area contributed by atoms with E-state index in [1.807, 2.05) is 6.92 Å². The summed E-state index contributed by atoms with van der Waals surface area (Å²) in [5.41, 5.74) is 0. The van der Waals surface area contributed by atoms with E-state index >= 15 is 0 Å². The Hall–Kier alpha value is 0.650. The van der Waals surface area contributed by atoms with Crippen LogP contribution >= 0.6 is 22.6 Å². The molecule has 0 saturated heterocycles. The predicted octanol–water partition coefficient (Wildman–Crippen LogP) is 1.73. The molecule has 0 aromatic heterocycles. The second-order valence-electron chi connectivity index (χ2n) is 2.69. The third kappa shape index (κ3) is 5.44. The Morgan fingerprint density at radius 3 is 2.20 bits per heavy atom. The van der Waals surface area contributed by atoms with E-state index in [0.717, 1.165) is 6.61 Å². The number of hydrogen-bond donors (Lipinski definition) is 0. The first kappa shape index (κ1) is 10.7. The van der Waals surface area contributed by atoms with E-state index < -0.39 is 0 Å². The minimum Gasteiger partial charge on any atom is -0.367 e. The lowest BCUT2D eigenvalue weighted by Crippen LogP contribution is -2.29. The molecule has 10 heavy (non-hydrogen) atoms. The zero-order valence-corrected chi connectivity index (χ0v) is 9.25. The molecule has 0 N–H and O–H groups in total. The summed E-state index contributed by atoms with van der Waals surface area (Å²) in [7, 11) is 4.12. The molecule has 62 valence electrons. The molecule has 2 unspecified atom stereocenters. The quantitative estimate of drug-likeness (QED) is 0.561. The van der Waals surface area contributed by atoms with Crippen molar-refractivity contribution in [1.82, 2.24) is 4.90 Å². The Kier molecular flexibility index (Phi) is 5.67. The van der Waals surface area contributed by atoms with Gasteiger partial charge >= 0.3 is 0 Å². The van der Waals surface area contributed by atoms with Crippen molar-refractivity contribution < 1.29 is 4.74 Å². The first-order valence-electron chi connectivity index (χ1n) is 3.46. The maximum absolute atomic E-state index is 5.41. The fourth-order valence-corrected chi connectivity index (χ4v) is 0.629. The standard InChI is InChI=1S/C7H16INO/c1-6(9(3)4)5-10-7(2)8/h6-7H,5H2,1-4H3. The van der Waals surface area contributed by atoms with Crippen molar-refractivity contribution in [2.75, 3.05) is 20.7 Å². The number of halogens is 1. The first-order chi connectivity index (χ1) is 4.54. The number of ether oxygens (including phenoxy) is 1. The van der Waals surface area contributed by atoms with Crippen LogP contribution < -0.4 is 0 Å². The van der Waals surface area contributed by atoms with Crippen LogP contribution in [0.25, 0.3) is 0 Å². The average molecular weight is 257 g/mol. The Morgan fingerprint density at radius 1 is 1.40 bits per heavy atom. The molecule has 0 bridgehead atoms. The molecule has 0 aromatic carbocycles. The number of rotatable bonds is 4. The summed E-state index contributed by atoms with van der Waals surface area (Å²) in [4.78, 5) is 2.15. The Labute approximate surface area is 77.1 Å². The van der Waals surface area contributed by atoms with E-state index in [-0.39, 0.29) is 0 Å². The van der Waals surface area contributed by atoms with Crippen LogP contribution in [-0.2, 0) is 4.74 Å². The zero-order chi connectivity index (χ0) is 8.15. The van der Waals surface area contributed by atoms with Crippen LogP contribution in [0.4, 0.5) is 0 Å². The number of alkyl halides is 1. The van der Waals surface area contributed by atoms with Gasteiger partial charge in [-0.15, -0.1) is 0 Å². The highest BCUT2D eigenvalue weighted by Crippen LogP contribution is 2.02. The lowest BCUT2D eigenvalue weighted by molar-refractivity contribution is 0.0855. The van der Waals surface area contributed by atoms with Crippen LogP contribution in [0.5, 0.6) is 0 Å². The molecule has 0 spiro atoms. The van der Waals surface area contributed by atoms with Gasteiger partial charge in [-0.05, 0) is 27.9 Å². The molecular weight excluding hydrogens is 241 g/mol. The van der Waals surface area contributed by atoms with E-state index in [4.69, 9.17) is 4.74 Å². The van der Waals surface area contributed by atoms with E-state index in [0.29, 0.717) is 10.2 Å². The van der Waals surface area contributed by atoms with Gasteiger partial charge in [0, 0.05) is 6.04 Å². The highest BCUT2D eigenvalue weighted by atomic mass is 127. The Balaban J connectivity index is 3.30. The topological polar surface area (TPSA) is 12.5 Å². The van der Waals surface area contributed by atoms with Crippen LogP contribution in [-0.4, -0.2) is 35.8 Å². The summed E-state index contributed by atoms with van der Waals surface area (Å²) in [5, 5.41) is 0. The molecule has 0 aliphatic heterocycles. The minimum absolute atomic E-state index is 0.319. The van der Waals surface area contributed by atoms with Gasteiger partial charge in [0.25, 0.3) is 0 Å². The van der Waals surface area contributed by atoms with Crippen molar-refractivity contribution in [1.29, 1.82) is 0 Å². The molecule has 0 aromatic rings. The molecule has 0 aliphatic rings. The summed E-state index contributed by atoms with van der Waals surface area (Å²) >= 11 is 2.26. The highest BCUT2D eigenvalue weighted by molar-refractivity contribution is 14.1. The largest absolute Gasteiger partial charge is 0.367 e. The highest BCUT2D eigenvalue weighted by Gasteiger charge is 2.04. The third-order valence-corrected chi connectivity index (χ3v) is 1.81. The molecule has 2 nitrogen and oxygen atoms in total. The molecule has 0 amide bonds. The van der Waals surface area contributed by atoms with Crippen LogP contribution in [0.15, 0.2) is 0 Å². The smallest absolute Gasteiger partial charge is 0.106 e. The van der Waals surface area contributed by atoms with Gasteiger partial charge in [-0.2, -0.15) is 0 Å². The summed E-state index contributed by atoms with van der Waals surface area (Å²) in [6, 6.07) is 0.511. The molecule has 0 aliphatic carbocycles. The Bertz CT molecular complexity index is 85.7. The van der Waals surface area contributed by atoms with Crippen molar-refractivity contribution in [3.63, 3.8) is 0 Å².